The van der Waals surface area contributed by atoms with Crippen molar-refractivity contribution < 1.29 is 9.53 Å². The molecule has 0 fully saturated rings. The van der Waals surface area contributed by atoms with E-state index in [2.05, 4.69) is 28.2 Å². The second kappa shape index (κ2) is 17.5. The van der Waals surface area contributed by atoms with Gasteiger partial charge in [-0.3, -0.25) is 0 Å². The maximum atomic E-state index is 10.4. The average molecular weight is 210 g/mol. The van der Waals surface area contributed by atoms with Crippen LogP contribution in [0.25, 0.3) is 0 Å². The van der Waals surface area contributed by atoms with E-state index in [-0.39, 0.29) is 5.97 Å². The molecule has 1 N–H and O–H groups in total. The summed E-state index contributed by atoms with van der Waals surface area (Å²) in [5.41, 5.74) is 0.451. The van der Waals surface area contributed by atoms with Crippen LogP contribution in [0.4, 0.5) is 0 Å². The molecule has 13 heavy (non-hydrogen) atoms. The molecule has 0 aromatic carbocycles. The highest BCUT2D eigenvalue weighted by atomic mass is 35.5. The SMILES string of the molecule is C=C(C)C(=O)OCC.CCl.CNC. The Hall–Kier alpha value is -0.540. The lowest BCUT2D eigenvalue weighted by Gasteiger charge is -1.96. The molecule has 0 aromatic heterocycles. The molecule has 0 aliphatic heterocycles. The van der Waals surface area contributed by atoms with E-state index < -0.39 is 0 Å². The summed E-state index contributed by atoms with van der Waals surface area (Å²) in [4.78, 5) is 10.4. The van der Waals surface area contributed by atoms with E-state index in [0.29, 0.717) is 12.2 Å². The fraction of sp³-hybridized carbons (Fsp3) is 0.667. The Morgan fingerprint density at radius 2 is 1.77 bits per heavy atom. The summed E-state index contributed by atoms with van der Waals surface area (Å²) in [7, 11) is 3.75. The monoisotopic (exact) mass is 209 g/mol. The molecule has 0 radical (unpaired) electrons. The number of nitrogens with one attached hydrogen (secondary N) is 1. The van der Waals surface area contributed by atoms with Crippen molar-refractivity contribution in [3.05, 3.63) is 12.2 Å². The van der Waals surface area contributed by atoms with Gasteiger partial charge in [0.2, 0.25) is 0 Å². The number of esters is 1. The fourth-order valence-corrected chi connectivity index (χ4v) is 0.254. The van der Waals surface area contributed by atoms with E-state index in [1.54, 1.807) is 13.8 Å². The van der Waals surface area contributed by atoms with Gasteiger partial charge in [0, 0.05) is 12.0 Å². The third-order valence-corrected chi connectivity index (χ3v) is 0.624. The maximum Gasteiger partial charge on any atom is 0.333 e. The lowest BCUT2D eigenvalue weighted by atomic mass is 10.4. The molecule has 0 unspecified atom stereocenters. The van der Waals surface area contributed by atoms with Gasteiger partial charge in [-0.15, -0.1) is 11.6 Å². The number of hydrogen-bond acceptors (Lipinski definition) is 3. The smallest absolute Gasteiger partial charge is 0.333 e. The van der Waals surface area contributed by atoms with Crippen molar-refractivity contribution in [3.8, 4) is 0 Å². The summed E-state index contributed by atoms with van der Waals surface area (Å²) in [6.07, 6.45) is 1.47. The Bertz CT molecular complexity index is 127. The molecule has 0 saturated heterocycles. The summed E-state index contributed by atoms with van der Waals surface area (Å²) in [6.45, 7) is 7.21. The minimum absolute atomic E-state index is 0.312. The molecule has 0 aliphatic rings. The van der Waals surface area contributed by atoms with E-state index in [4.69, 9.17) is 0 Å². The first-order valence-corrected chi connectivity index (χ1v) is 4.64. The Labute approximate surface area is 86.1 Å². The number of rotatable bonds is 2. The zero-order chi connectivity index (χ0) is 11.3. The second-order valence-electron chi connectivity index (χ2n) is 2.00. The quantitative estimate of drug-likeness (QED) is 0.428. The third kappa shape index (κ3) is 24.6. The normalized spacial score (nSPS) is 6.92. The van der Waals surface area contributed by atoms with Crippen molar-refractivity contribution in [2.75, 3.05) is 27.1 Å². The number of alkyl halides is 1. The summed E-state index contributed by atoms with van der Waals surface area (Å²) in [5, 5.41) is 2.75. The molecule has 0 spiro atoms. The molecule has 4 heteroatoms. The van der Waals surface area contributed by atoms with Gasteiger partial charge in [-0.1, -0.05) is 6.58 Å². The van der Waals surface area contributed by atoms with E-state index in [1.807, 2.05) is 14.1 Å². The number of hydrogen-bond donors (Lipinski definition) is 1. The summed E-state index contributed by atoms with van der Waals surface area (Å²) < 4.78 is 4.56. The van der Waals surface area contributed by atoms with Gasteiger partial charge in [0.25, 0.3) is 0 Å². The molecule has 0 amide bonds. The van der Waals surface area contributed by atoms with Crippen LogP contribution in [0.15, 0.2) is 12.2 Å². The van der Waals surface area contributed by atoms with Crippen molar-refractivity contribution in [1.29, 1.82) is 0 Å². The number of carbonyl (C=O) groups excluding carboxylic acids is 1. The van der Waals surface area contributed by atoms with Crippen molar-refractivity contribution >= 4 is 17.6 Å². The average Bonchev–Trinajstić information content (AvgIpc) is 2.10. The first-order chi connectivity index (χ1) is 6.09. The van der Waals surface area contributed by atoms with E-state index in [0.717, 1.165) is 0 Å². The first-order valence-electron chi connectivity index (χ1n) is 3.89. The fourth-order valence-electron chi connectivity index (χ4n) is 0.254. The van der Waals surface area contributed by atoms with Gasteiger partial charge in [-0.2, -0.15) is 0 Å². The molecule has 0 saturated carbocycles. The summed E-state index contributed by atoms with van der Waals surface area (Å²) in [6, 6.07) is 0. The van der Waals surface area contributed by atoms with Crippen LogP contribution < -0.4 is 5.32 Å². The van der Waals surface area contributed by atoms with Gasteiger partial charge in [0.15, 0.2) is 0 Å². The van der Waals surface area contributed by atoms with Crippen LogP contribution >= 0.6 is 11.6 Å². The van der Waals surface area contributed by atoms with E-state index >= 15 is 0 Å². The zero-order valence-corrected chi connectivity index (χ0v) is 9.86. The first kappa shape index (κ1) is 18.3. The van der Waals surface area contributed by atoms with Crippen LogP contribution in [0.3, 0.4) is 0 Å². The Balaban J connectivity index is -0.000000169. The molecule has 0 bridgehead atoms. The molecule has 0 aliphatic carbocycles. The lowest BCUT2D eigenvalue weighted by Crippen LogP contribution is -2.03. The van der Waals surface area contributed by atoms with Crippen molar-refractivity contribution in [2.24, 2.45) is 0 Å². The van der Waals surface area contributed by atoms with Crippen LogP contribution in [0.1, 0.15) is 13.8 Å². The minimum atomic E-state index is -0.312. The standard InChI is InChI=1S/C6H10O2.C2H7N.CH3Cl/c1-4-8-6(7)5(2)3;1-3-2;1-2/h2,4H2,1,3H3;3H,1-2H3;1H3. The highest BCUT2D eigenvalue weighted by Gasteiger charge is 1.98. The molecule has 0 heterocycles. The predicted octanol–water partition coefficient (Wildman–Crippen LogP) is 1.82. The number of halogens is 1. The maximum absolute atomic E-state index is 10.4. The van der Waals surface area contributed by atoms with Crippen LogP contribution in [0.2, 0.25) is 0 Å². The Kier molecular flexibility index (Phi) is 24.6. The number of carbonyl (C=O) groups is 1. The predicted molar refractivity (Wildman–Crippen MR) is 58.2 cm³/mol. The second-order valence-corrected chi connectivity index (χ2v) is 2.00. The van der Waals surface area contributed by atoms with Gasteiger partial charge < -0.3 is 10.1 Å². The number of ether oxygens (including phenoxy) is 1. The molecular formula is C9H20ClNO2. The molecule has 0 rings (SSSR count). The summed E-state index contributed by atoms with van der Waals surface area (Å²) in [5.74, 6) is -0.312. The zero-order valence-electron chi connectivity index (χ0n) is 9.11. The van der Waals surface area contributed by atoms with Gasteiger partial charge in [-0.25, -0.2) is 4.79 Å². The van der Waals surface area contributed by atoms with Crippen LogP contribution in [0, 0.1) is 0 Å². The molecular weight excluding hydrogens is 190 g/mol. The lowest BCUT2D eigenvalue weighted by molar-refractivity contribution is -0.138. The largest absolute Gasteiger partial charge is 0.463 e. The summed E-state index contributed by atoms with van der Waals surface area (Å²) >= 11 is 4.64. The van der Waals surface area contributed by atoms with Gasteiger partial charge in [0.1, 0.15) is 0 Å². The van der Waals surface area contributed by atoms with Crippen LogP contribution in [-0.2, 0) is 9.53 Å². The Morgan fingerprint density at radius 1 is 1.46 bits per heavy atom. The molecule has 0 aromatic rings. The molecule has 0 atom stereocenters. The van der Waals surface area contributed by atoms with Gasteiger partial charge in [-0.05, 0) is 27.9 Å². The topological polar surface area (TPSA) is 38.3 Å². The minimum Gasteiger partial charge on any atom is -0.463 e. The highest BCUT2D eigenvalue weighted by molar-refractivity contribution is 6.15. The van der Waals surface area contributed by atoms with Crippen molar-refractivity contribution in [3.63, 3.8) is 0 Å². The van der Waals surface area contributed by atoms with Crippen molar-refractivity contribution in [2.45, 2.75) is 13.8 Å². The van der Waals surface area contributed by atoms with Gasteiger partial charge >= 0.3 is 5.97 Å². The van der Waals surface area contributed by atoms with E-state index in [9.17, 15) is 4.79 Å². The van der Waals surface area contributed by atoms with Crippen molar-refractivity contribution in [1.82, 2.24) is 5.32 Å². The van der Waals surface area contributed by atoms with E-state index in [1.165, 1.54) is 6.38 Å². The Morgan fingerprint density at radius 3 is 1.85 bits per heavy atom. The highest BCUT2D eigenvalue weighted by Crippen LogP contribution is 1.89. The van der Waals surface area contributed by atoms with Crippen LogP contribution in [0.5, 0.6) is 0 Å². The molecule has 80 valence electrons. The molecule has 3 nitrogen and oxygen atoms in total. The third-order valence-electron chi connectivity index (χ3n) is 0.624. The van der Waals surface area contributed by atoms with Crippen LogP contribution in [-0.4, -0.2) is 33.1 Å². The van der Waals surface area contributed by atoms with Gasteiger partial charge in [0.05, 0.1) is 6.61 Å².